The lowest BCUT2D eigenvalue weighted by atomic mass is 10.2. The lowest BCUT2D eigenvalue weighted by Crippen LogP contribution is -2.10. The van der Waals surface area contributed by atoms with Crippen molar-refractivity contribution in [3.05, 3.63) is 34.3 Å². The first-order valence-corrected chi connectivity index (χ1v) is 5.59. The Labute approximate surface area is 90.4 Å². The maximum Gasteiger partial charge on any atom is 0.226 e. The van der Waals surface area contributed by atoms with Crippen molar-refractivity contribution in [2.45, 2.75) is 12.7 Å². The average molecular weight is 260 g/mol. The third kappa shape index (κ3) is 4.33. The van der Waals surface area contributed by atoms with Crippen LogP contribution in [0, 0.1) is 0 Å². The Bertz CT molecular complexity index is 286. The number of nitrogens with one attached hydrogen (secondary N) is 1. The van der Waals surface area contributed by atoms with Gasteiger partial charge in [0.05, 0.1) is 0 Å². The van der Waals surface area contributed by atoms with Crippen LogP contribution in [0.4, 0.5) is 0 Å². The minimum Gasteiger partial charge on any atom is -0.300 e. The van der Waals surface area contributed by atoms with Crippen LogP contribution in [0.5, 0.6) is 0 Å². The van der Waals surface area contributed by atoms with Crippen molar-refractivity contribution in [2.24, 2.45) is 0 Å². The van der Waals surface area contributed by atoms with Gasteiger partial charge in [-0.15, -0.1) is 0 Å². The van der Waals surface area contributed by atoms with Crippen LogP contribution in [0.3, 0.4) is 0 Å². The highest BCUT2D eigenvalue weighted by atomic mass is 79.9. The normalized spacial score (nSPS) is 9.69. The van der Waals surface area contributed by atoms with Crippen molar-refractivity contribution in [1.29, 1.82) is 0 Å². The van der Waals surface area contributed by atoms with Crippen molar-refractivity contribution < 1.29 is 4.79 Å². The number of amides is 1. The summed E-state index contributed by atoms with van der Waals surface area (Å²) in [5, 5.41) is 0. The zero-order valence-corrected chi connectivity index (χ0v) is 9.61. The number of hydrogen-bond donors (Lipinski definition) is 1. The van der Waals surface area contributed by atoms with Crippen LogP contribution in [-0.2, 0) is 10.5 Å². The lowest BCUT2D eigenvalue weighted by Gasteiger charge is -2.01. The molecule has 1 aromatic rings. The highest BCUT2D eigenvalue weighted by Gasteiger charge is 1.94. The van der Waals surface area contributed by atoms with E-state index in [0.717, 1.165) is 10.2 Å². The molecule has 0 aromatic heterocycles. The Balaban J connectivity index is 2.37. The molecule has 1 aromatic carbocycles. The van der Waals surface area contributed by atoms with E-state index in [-0.39, 0.29) is 5.91 Å². The Morgan fingerprint density at radius 2 is 2.08 bits per heavy atom. The summed E-state index contributed by atoms with van der Waals surface area (Å²) >= 11 is 4.77. The summed E-state index contributed by atoms with van der Waals surface area (Å²) in [6.45, 7) is 1.51. The first-order chi connectivity index (χ1) is 6.18. The van der Waals surface area contributed by atoms with Gasteiger partial charge in [0.2, 0.25) is 5.91 Å². The van der Waals surface area contributed by atoms with E-state index < -0.39 is 0 Å². The SMILES string of the molecule is CC(=O)NSCc1ccc(Br)cc1. The Morgan fingerprint density at radius 3 is 2.62 bits per heavy atom. The Kier molecular flexibility index (Phi) is 4.32. The van der Waals surface area contributed by atoms with Crippen LogP contribution >= 0.6 is 27.9 Å². The van der Waals surface area contributed by atoms with Gasteiger partial charge < -0.3 is 4.72 Å². The molecule has 13 heavy (non-hydrogen) atoms. The van der Waals surface area contributed by atoms with E-state index in [1.54, 1.807) is 0 Å². The summed E-state index contributed by atoms with van der Waals surface area (Å²) in [6, 6.07) is 8.03. The number of rotatable bonds is 3. The monoisotopic (exact) mass is 259 g/mol. The molecule has 0 aliphatic heterocycles. The summed E-state index contributed by atoms with van der Waals surface area (Å²) < 4.78 is 3.74. The summed E-state index contributed by atoms with van der Waals surface area (Å²) in [7, 11) is 0. The molecule has 0 heterocycles. The maximum atomic E-state index is 10.5. The van der Waals surface area contributed by atoms with E-state index in [9.17, 15) is 4.79 Å². The summed E-state index contributed by atoms with van der Waals surface area (Å²) in [4.78, 5) is 10.5. The van der Waals surface area contributed by atoms with Gasteiger partial charge in [-0.1, -0.05) is 28.1 Å². The molecule has 0 atom stereocenters. The predicted molar refractivity (Wildman–Crippen MR) is 59.3 cm³/mol. The van der Waals surface area contributed by atoms with Gasteiger partial charge in [-0.05, 0) is 29.6 Å². The van der Waals surface area contributed by atoms with E-state index in [1.807, 2.05) is 24.3 Å². The van der Waals surface area contributed by atoms with Crippen LogP contribution in [-0.4, -0.2) is 5.91 Å². The zero-order valence-electron chi connectivity index (χ0n) is 7.21. The van der Waals surface area contributed by atoms with Gasteiger partial charge in [-0.2, -0.15) is 0 Å². The van der Waals surface area contributed by atoms with Crippen LogP contribution in [0.15, 0.2) is 28.7 Å². The molecule has 0 spiro atoms. The first-order valence-electron chi connectivity index (χ1n) is 3.81. The van der Waals surface area contributed by atoms with E-state index >= 15 is 0 Å². The standard InChI is InChI=1S/C9H10BrNOS/c1-7(12)11-13-6-8-2-4-9(10)5-3-8/h2-5H,6H2,1H3,(H,11,12). The van der Waals surface area contributed by atoms with E-state index in [4.69, 9.17) is 0 Å². The van der Waals surface area contributed by atoms with Crippen LogP contribution in [0.25, 0.3) is 0 Å². The number of carbonyl (C=O) groups is 1. The highest BCUT2D eigenvalue weighted by Crippen LogP contribution is 2.13. The Morgan fingerprint density at radius 1 is 1.46 bits per heavy atom. The van der Waals surface area contributed by atoms with E-state index in [0.29, 0.717) is 0 Å². The number of benzene rings is 1. The van der Waals surface area contributed by atoms with Crippen LogP contribution in [0.1, 0.15) is 12.5 Å². The van der Waals surface area contributed by atoms with Crippen LogP contribution in [0.2, 0.25) is 0 Å². The molecule has 1 amide bonds. The van der Waals surface area contributed by atoms with Crippen molar-refractivity contribution in [3.63, 3.8) is 0 Å². The smallest absolute Gasteiger partial charge is 0.226 e. The first kappa shape index (κ1) is 10.6. The van der Waals surface area contributed by atoms with Crippen molar-refractivity contribution >= 4 is 33.8 Å². The molecule has 0 fully saturated rings. The molecular weight excluding hydrogens is 250 g/mol. The van der Waals surface area contributed by atoms with Gasteiger partial charge in [-0.25, -0.2) is 0 Å². The van der Waals surface area contributed by atoms with Gasteiger partial charge in [0.15, 0.2) is 0 Å². The highest BCUT2D eigenvalue weighted by molar-refractivity contribution is 9.10. The van der Waals surface area contributed by atoms with Crippen molar-refractivity contribution in [2.75, 3.05) is 0 Å². The molecule has 70 valence electrons. The summed E-state index contributed by atoms with van der Waals surface area (Å²) in [5.41, 5.74) is 1.20. The van der Waals surface area contributed by atoms with E-state index in [1.165, 1.54) is 24.4 Å². The quantitative estimate of drug-likeness (QED) is 0.846. The molecule has 1 N–H and O–H groups in total. The molecule has 2 nitrogen and oxygen atoms in total. The molecule has 0 aliphatic rings. The van der Waals surface area contributed by atoms with Crippen molar-refractivity contribution in [1.82, 2.24) is 4.72 Å². The molecule has 1 rings (SSSR count). The second kappa shape index (κ2) is 5.29. The van der Waals surface area contributed by atoms with Crippen molar-refractivity contribution in [3.8, 4) is 0 Å². The zero-order chi connectivity index (χ0) is 9.68. The number of halogens is 1. The fourth-order valence-corrected chi connectivity index (χ4v) is 1.70. The van der Waals surface area contributed by atoms with Gasteiger partial charge >= 0.3 is 0 Å². The third-order valence-electron chi connectivity index (χ3n) is 1.37. The molecule has 0 bridgehead atoms. The topological polar surface area (TPSA) is 29.1 Å². The minimum atomic E-state index is -0.0119. The minimum absolute atomic E-state index is 0.0119. The second-order valence-corrected chi connectivity index (χ2v) is 4.27. The van der Waals surface area contributed by atoms with Crippen LogP contribution < -0.4 is 4.72 Å². The molecule has 0 aliphatic carbocycles. The average Bonchev–Trinajstić information content (AvgIpc) is 2.08. The van der Waals surface area contributed by atoms with E-state index in [2.05, 4.69) is 20.7 Å². The summed E-state index contributed by atoms with van der Waals surface area (Å²) in [5.74, 6) is 0.787. The van der Waals surface area contributed by atoms with Gasteiger partial charge in [0, 0.05) is 17.1 Å². The molecular formula is C9H10BrNOS. The van der Waals surface area contributed by atoms with Gasteiger partial charge in [0.1, 0.15) is 0 Å². The predicted octanol–water partition coefficient (Wildman–Crippen LogP) is 2.73. The number of carbonyl (C=O) groups excluding carboxylic acids is 1. The molecule has 0 unspecified atom stereocenters. The molecule has 0 saturated carbocycles. The number of hydrogen-bond acceptors (Lipinski definition) is 2. The maximum absolute atomic E-state index is 10.5. The molecule has 0 radical (unpaired) electrons. The fraction of sp³-hybridized carbons (Fsp3) is 0.222. The van der Waals surface area contributed by atoms with Gasteiger partial charge in [0.25, 0.3) is 0 Å². The molecule has 4 heteroatoms. The molecule has 0 saturated heterocycles. The van der Waals surface area contributed by atoms with Gasteiger partial charge in [-0.3, -0.25) is 4.79 Å². The largest absolute Gasteiger partial charge is 0.300 e. The lowest BCUT2D eigenvalue weighted by molar-refractivity contribution is -0.117. The summed E-state index contributed by atoms with van der Waals surface area (Å²) in [6.07, 6.45) is 0. The Hall–Kier alpha value is -0.480. The fourth-order valence-electron chi connectivity index (χ4n) is 0.802. The third-order valence-corrected chi connectivity index (χ3v) is 2.81. The second-order valence-electron chi connectivity index (χ2n) is 2.57.